The summed E-state index contributed by atoms with van der Waals surface area (Å²) in [6, 6.07) is 8.38. The summed E-state index contributed by atoms with van der Waals surface area (Å²) < 4.78 is 19.1. The monoisotopic (exact) mass is 288 g/mol. The maximum absolute atomic E-state index is 13.7. The average molecular weight is 288 g/mol. The van der Waals surface area contributed by atoms with Gasteiger partial charge in [-0.3, -0.25) is 4.98 Å². The fourth-order valence-electron chi connectivity index (χ4n) is 2.41. The number of benzene rings is 1. The minimum Gasteiger partial charge on any atom is -0.496 e. The van der Waals surface area contributed by atoms with Gasteiger partial charge in [-0.2, -0.15) is 0 Å². The zero-order chi connectivity index (χ0) is 15.2. The van der Waals surface area contributed by atoms with Crippen LogP contribution < -0.4 is 10.1 Å². The Labute approximate surface area is 125 Å². The molecule has 1 atom stereocenters. The van der Waals surface area contributed by atoms with E-state index >= 15 is 0 Å². The highest BCUT2D eigenvalue weighted by molar-refractivity contribution is 5.43. The number of aryl methyl sites for hydroxylation is 1. The Morgan fingerprint density at radius 2 is 2.10 bits per heavy atom. The second-order valence-electron chi connectivity index (χ2n) is 4.95. The smallest absolute Gasteiger partial charge is 0.124 e. The number of pyridine rings is 1. The van der Waals surface area contributed by atoms with Gasteiger partial charge in [-0.1, -0.05) is 13.0 Å². The van der Waals surface area contributed by atoms with E-state index in [1.807, 2.05) is 19.1 Å². The highest BCUT2D eigenvalue weighted by Gasteiger charge is 2.20. The molecule has 0 amide bonds. The van der Waals surface area contributed by atoms with E-state index in [9.17, 15) is 4.39 Å². The van der Waals surface area contributed by atoms with E-state index < -0.39 is 0 Å². The number of ether oxygens (including phenoxy) is 1. The molecule has 0 saturated heterocycles. The Kier molecular flexibility index (Phi) is 5.28. The molecule has 2 aromatic rings. The Balaban J connectivity index is 2.50. The van der Waals surface area contributed by atoms with Crippen molar-refractivity contribution in [3.8, 4) is 5.75 Å². The summed E-state index contributed by atoms with van der Waals surface area (Å²) in [7, 11) is 1.60. The van der Waals surface area contributed by atoms with E-state index in [0.29, 0.717) is 5.75 Å². The predicted molar refractivity (Wildman–Crippen MR) is 82.1 cm³/mol. The van der Waals surface area contributed by atoms with E-state index in [0.717, 1.165) is 29.8 Å². The van der Waals surface area contributed by atoms with E-state index in [4.69, 9.17) is 4.74 Å². The molecule has 0 saturated carbocycles. The van der Waals surface area contributed by atoms with Gasteiger partial charge in [0.15, 0.2) is 0 Å². The quantitative estimate of drug-likeness (QED) is 0.881. The lowest BCUT2D eigenvalue weighted by molar-refractivity contribution is 0.402. The number of methoxy groups -OCH3 is 1. The number of hydrogen-bond acceptors (Lipinski definition) is 3. The summed E-state index contributed by atoms with van der Waals surface area (Å²) in [5, 5.41) is 3.46. The Bertz CT molecular complexity index is 601. The topological polar surface area (TPSA) is 34.1 Å². The van der Waals surface area contributed by atoms with Gasteiger partial charge >= 0.3 is 0 Å². The van der Waals surface area contributed by atoms with Crippen molar-refractivity contribution < 1.29 is 9.13 Å². The van der Waals surface area contributed by atoms with Crippen LogP contribution in [0, 0.1) is 12.7 Å². The largest absolute Gasteiger partial charge is 0.496 e. The predicted octanol–water partition coefficient (Wildman–Crippen LogP) is 3.63. The maximum atomic E-state index is 13.7. The molecule has 0 aliphatic carbocycles. The Hall–Kier alpha value is -1.94. The number of nitrogens with one attached hydrogen (secondary N) is 1. The van der Waals surface area contributed by atoms with Gasteiger partial charge < -0.3 is 10.1 Å². The van der Waals surface area contributed by atoms with Crippen LogP contribution in [0.1, 0.15) is 36.2 Å². The Morgan fingerprint density at radius 1 is 1.29 bits per heavy atom. The van der Waals surface area contributed by atoms with Crippen molar-refractivity contribution in [3.63, 3.8) is 0 Å². The highest BCUT2D eigenvalue weighted by atomic mass is 19.1. The summed E-state index contributed by atoms with van der Waals surface area (Å²) in [6.07, 6.45) is 2.76. The van der Waals surface area contributed by atoms with Crippen LogP contribution in [0.25, 0.3) is 0 Å². The third-order valence-corrected chi connectivity index (χ3v) is 3.46. The van der Waals surface area contributed by atoms with Gasteiger partial charge in [-0.05, 0) is 49.7 Å². The normalized spacial score (nSPS) is 12.2. The molecule has 3 nitrogen and oxygen atoms in total. The minimum atomic E-state index is -0.268. The number of halogens is 1. The summed E-state index contributed by atoms with van der Waals surface area (Å²) in [5.41, 5.74) is 2.76. The summed E-state index contributed by atoms with van der Waals surface area (Å²) >= 11 is 0. The molecule has 0 aliphatic rings. The van der Waals surface area contributed by atoms with Crippen LogP contribution in [0.5, 0.6) is 5.75 Å². The first kappa shape index (κ1) is 15.4. The molecule has 21 heavy (non-hydrogen) atoms. The molecule has 0 bridgehead atoms. The fraction of sp³-hybridized carbons (Fsp3) is 0.353. The third kappa shape index (κ3) is 3.58. The van der Waals surface area contributed by atoms with Crippen LogP contribution in [0.15, 0.2) is 36.5 Å². The van der Waals surface area contributed by atoms with Crippen molar-refractivity contribution in [1.29, 1.82) is 0 Å². The van der Waals surface area contributed by atoms with E-state index in [1.54, 1.807) is 19.4 Å². The first-order chi connectivity index (χ1) is 10.2. The number of rotatable bonds is 6. The van der Waals surface area contributed by atoms with E-state index in [2.05, 4.69) is 17.2 Å². The first-order valence-electron chi connectivity index (χ1n) is 7.15. The molecule has 2 rings (SSSR count). The second kappa shape index (κ2) is 7.18. The van der Waals surface area contributed by atoms with Crippen LogP contribution in [0.3, 0.4) is 0 Å². The third-order valence-electron chi connectivity index (χ3n) is 3.46. The molecule has 112 valence electrons. The van der Waals surface area contributed by atoms with Gasteiger partial charge in [0.2, 0.25) is 0 Å². The molecular formula is C17H21FN2O. The molecule has 0 radical (unpaired) electrons. The van der Waals surface area contributed by atoms with Crippen molar-refractivity contribution in [1.82, 2.24) is 10.3 Å². The van der Waals surface area contributed by atoms with Crippen molar-refractivity contribution in [2.45, 2.75) is 26.3 Å². The SMILES string of the molecule is CCCNC(c1cc(F)ccc1OC)c1cccnc1C. The van der Waals surface area contributed by atoms with Gasteiger partial charge in [0.05, 0.1) is 13.2 Å². The maximum Gasteiger partial charge on any atom is 0.124 e. The molecule has 4 heteroatoms. The van der Waals surface area contributed by atoms with Crippen LogP contribution in [-0.4, -0.2) is 18.6 Å². The van der Waals surface area contributed by atoms with Crippen molar-refractivity contribution in [3.05, 3.63) is 59.2 Å². The average Bonchev–Trinajstić information content (AvgIpc) is 2.49. The second-order valence-corrected chi connectivity index (χ2v) is 4.95. The number of hydrogen-bond donors (Lipinski definition) is 1. The molecule has 0 spiro atoms. The van der Waals surface area contributed by atoms with Crippen molar-refractivity contribution >= 4 is 0 Å². The molecule has 1 heterocycles. The van der Waals surface area contributed by atoms with Crippen LogP contribution in [0.4, 0.5) is 4.39 Å². The summed E-state index contributed by atoms with van der Waals surface area (Å²) in [5.74, 6) is 0.406. The standard InChI is InChI=1S/C17H21FN2O/c1-4-9-20-17(14-6-5-10-19-12(14)2)15-11-13(18)7-8-16(15)21-3/h5-8,10-11,17,20H,4,9H2,1-3H3. The lowest BCUT2D eigenvalue weighted by atomic mass is 9.96. The van der Waals surface area contributed by atoms with Gasteiger partial charge in [0.25, 0.3) is 0 Å². The van der Waals surface area contributed by atoms with Gasteiger partial charge in [0.1, 0.15) is 11.6 Å². The highest BCUT2D eigenvalue weighted by Crippen LogP contribution is 2.31. The zero-order valence-electron chi connectivity index (χ0n) is 12.7. The van der Waals surface area contributed by atoms with E-state index in [-0.39, 0.29) is 11.9 Å². The van der Waals surface area contributed by atoms with E-state index in [1.165, 1.54) is 12.1 Å². The fourth-order valence-corrected chi connectivity index (χ4v) is 2.41. The van der Waals surface area contributed by atoms with Gasteiger partial charge in [-0.15, -0.1) is 0 Å². The van der Waals surface area contributed by atoms with Crippen molar-refractivity contribution in [2.24, 2.45) is 0 Å². The molecule has 1 unspecified atom stereocenters. The van der Waals surface area contributed by atoms with Crippen molar-refractivity contribution in [2.75, 3.05) is 13.7 Å². The minimum absolute atomic E-state index is 0.135. The van der Waals surface area contributed by atoms with Crippen LogP contribution in [-0.2, 0) is 0 Å². The first-order valence-corrected chi connectivity index (χ1v) is 7.15. The number of aromatic nitrogens is 1. The van der Waals surface area contributed by atoms with Gasteiger partial charge in [-0.25, -0.2) is 4.39 Å². The van der Waals surface area contributed by atoms with Crippen LogP contribution >= 0.6 is 0 Å². The molecule has 1 aromatic heterocycles. The lowest BCUT2D eigenvalue weighted by Crippen LogP contribution is -2.24. The molecule has 1 N–H and O–H groups in total. The zero-order valence-corrected chi connectivity index (χ0v) is 12.7. The molecular weight excluding hydrogens is 267 g/mol. The number of nitrogens with zero attached hydrogens (tertiary/aromatic N) is 1. The summed E-state index contributed by atoms with van der Waals surface area (Å²) in [4.78, 5) is 4.34. The van der Waals surface area contributed by atoms with Crippen LogP contribution in [0.2, 0.25) is 0 Å². The molecule has 0 fully saturated rings. The molecule has 0 aliphatic heterocycles. The molecule has 1 aromatic carbocycles. The van der Waals surface area contributed by atoms with Gasteiger partial charge in [0, 0.05) is 17.5 Å². The Morgan fingerprint density at radius 3 is 2.76 bits per heavy atom. The summed E-state index contributed by atoms with van der Waals surface area (Å²) in [6.45, 7) is 4.89. The lowest BCUT2D eigenvalue weighted by Gasteiger charge is -2.23.